The maximum absolute atomic E-state index is 11.3. The Morgan fingerprint density at radius 3 is 3.12 bits per heavy atom. The lowest BCUT2D eigenvalue weighted by Crippen LogP contribution is -2.28. The van der Waals surface area contributed by atoms with Crippen LogP contribution in [-0.2, 0) is 17.8 Å². The molecule has 17 heavy (non-hydrogen) atoms. The van der Waals surface area contributed by atoms with Crippen molar-refractivity contribution in [3.8, 4) is 0 Å². The predicted molar refractivity (Wildman–Crippen MR) is 67.8 cm³/mol. The van der Waals surface area contributed by atoms with Crippen molar-refractivity contribution in [3.05, 3.63) is 35.5 Å². The Kier molecular flexibility index (Phi) is 3.24. The van der Waals surface area contributed by atoms with Gasteiger partial charge < -0.3 is 10.2 Å². The molecule has 1 aliphatic rings. The molecule has 0 fully saturated rings. The Balaban J connectivity index is 2.32. The lowest BCUT2D eigenvalue weighted by atomic mass is 10.0. The Hall–Kier alpha value is -1.68. The van der Waals surface area contributed by atoms with Gasteiger partial charge in [-0.15, -0.1) is 0 Å². The lowest BCUT2D eigenvalue weighted by molar-refractivity contribution is -0.111. The zero-order chi connectivity index (χ0) is 12.4. The van der Waals surface area contributed by atoms with E-state index in [1.54, 1.807) is 0 Å². The third-order valence-corrected chi connectivity index (χ3v) is 2.99. The SMILES string of the molecule is C=CC(=O)Nc1nc2c(cc1C)CCN(C)C2. The molecule has 0 radical (unpaired) electrons. The highest BCUT2D eigenvalue weighted by Crippen LogP contribution is 2.21. The number of aryl methyl sites for hydroxylation is 1. The summed E-state index contributed by atoms with van der Waals surface area (Å²) in [7, 11) is 2.08. The second-order valence-corrected chi connectivity index (χ2v) is 4.44. The molecule has 2 heterocycles. The van der Waals surface area contributed by atoms with Gasteiger partial charge in [0.25, 0.3) is 0 Å². The van der Waals surface area contributed by atoms with Gasteiger partial charge in [0.2, 0.25) is 5.91 Å². The number of rotatable bonds is 2. The van der Waals surface area contributed by atoms with Crippen LogP contribution in [0.2, 0.25) is 0 Å². The van der Waals surface area contributed by atoms with Crippen molar-refractivity contribution in [1.82, 2.24) is 9.88 Å². The van der Waals surface area contributed by atoms with E-state index in [0.717, 1.165) is 30.8 Å². The first-order chi connectivity index (χ1) is 8.10. The van der Waals surface area contributed by atoms with Crippen molar-refractivity contribution in [2.45, 2.75) is 19.9 Å². The number of nitrogens with one attached hydrogen (secondary N) is 1. The first kappa shape index (κ1) is 11.8. The van der Waals surface area contributed by atoms with E-state index in [1.807, 2.05) is 6.92 Å². The molecule has 0 aliphatic carbocycles. The fraction of sp³-hybridized carbons (Fsp3) is 0.385. The number of likely N-dealkylation sites (N-methyl/N-ethyl adjacent to an activating group) is 1. The van der Waals surface area contributed by atoms with Crippen LogP contribution in [0.1, 0.15) is 16.8 Å². The summed E-state index contributed by atoms with van der Waals surface area (Å²) in [5.74, 6) is 0.425. The summed E-state index contributed by atoms with van der Waals surface area (Å²) in [4.78, 5) is 18.0. The molecule has 0 aromatic carbocycles. The second-order valence-electron chi connectivity index (χ2n) is 4.44. The molecular weight excluding hydrogens is 214 g/mol. The highest BCUT2D eigenvalue weighted by Gasteiger charge is 2.16. The number of nitrogens with zero attached hydrogens (tertiary/aromatic N) is 2. The van der Waals surface area contributed by atoms with Gasteiger partial charge in [0, 0.05) is 13.1 Å². The van der Waals surface area contributed by atoms with Gasteiger partial charge in [0.05, 0.1) is 5.69 Å². The Bertz CT molecular complexity index is 468. The number of amides is 1. The van der Waals surface area contributed by atoms with Crippen molar-refractivity contribution in [3.63, 3.8) is 0 Å². The number of carbonyl (C=O) groups excluding carboxylic acids is 1. The number of anilines is 1. The van der Waals surface area contributed by atoms with Gasteiger partial charge >= 0.3 is 0 Å². The van der Waals surface area contributed by atoms with Crippen molar-refractivity contribution in [2.24, 2.45) is 0 Å². The minimum atomic E-state index is -0.218. The number of hydrogen-bond acceptors (Lipinski definition) is 3. The van der Waals surface area contributed by atoms with Crippen LogP contribution >= 0.6 is 0 Å². The average Bonchev–Trinajstić information content (AvgIpc) is 2.30. The molecule has 1 aromatic heterocycles. The molecule has 4 nitrogen and oxygen atoms in total. The third kappa shape index (κ3) is 2.53. The van der Waals surface area contributed by atoms with Gasteiger partial charge in [-0.05, 0) is 37.6 Å². The molecule has 0 spiro atoms. The van der Waals surface area contributed by atoms with Gasteiger partial charge in [0.1, 0.15) is 5.82 Å². The Morgan fingerprint density at radius 1 is 1.65 bits per heavy atom. The first-order valence-electron chi connectivity index (χ1n) is 5.71. The van der Waals surface area contributed by atoms with E-state index >= 15 is 0 Å². The summed E-state index contributed by atoms with van der Waals surface area (Å²) in [6.07, 6.45) is 2.28. The highest BCUT2D eigenvalue weighted by atomic mass is 16.1. The molecular formula is C13H17N3O. The fourth-order valence-corrected chi connectivity index (χ4v) is 2.00. The number of pyridine rings is 1. The smallest absolute Gasteiger partial charge is 0.248 e. The summed E-state index contributed by atoms with van der Waals surface area (Å²) in [6, 6.07) is 2.12. The van der Waals surface area contributed by atoms with Crippen molar-refractivity contribution in [2.75, 3.05) is 18.9 Å². The average molecular weight is 231 g/mol. The van der Waals surface area contributed by atoms with Crippen LogP contribution in [0.4, 0.5) is 5.82 Å². The third-order valence-electron chi connectivity index (χ3n) is 2.99. The lowest BCUT2D eigenvalue weighted by Gasteiger charge is -2.25. The Morgan fingerprint density at radius 2 is 2.41 bits per heavy atom. The topological polar surface area (TPSA) is 45.2 Å². The van der Waals surface area contributed by atoms with Gasteiger partial charge in [0.15, 0.2) is 0 Å². The van der Waals surface area contributed by atoms with E-state index in [1.165, 1.54) is 11.6 Å². The summed E-state index contributed by atoms with van der Waals surface area (Å²) in [5.41, 5.74) is 3.35. The molecule has 0 atom stereocenters. The van der Waals surface area contributed by atoms with E-state index in [4.69, 9.17) is 0 Å². The molecule has 1 N–H and O–H groups in total. The standard InChI is InChI=1S/C13H17N3O/c1-4-12(17)15-13-9(2)7-10-5-6-16(3)8-11(10)14-13/h4,7H,1,5-6,8H2,2-3H3,(H,14,15,17). The first-order valence-corrected chi connectivity index (χ1v) is 5.71. The van der Waals surface area contributed by atoms with Gasteiger partial charge in [-0.2, -0.15) is 0 Å². The summed E-state index contributed by atoms with van der Waals surface area (Å²) in [6.45, 7) is 7.30. The monoisotopic (exact) mass is 231 g/mol. The van der Waals surface area contributed by atoms with Crippen LogP contribution in [0.5, 0.6) is 0 Å². The van der Waals surface area contributed by atoms with Crippen molar-refractivity contribution in [1.29, 1.82) is 0 Å². The van der Waals surface area contributed by atoms with Crippen molar-refractivity contribution >= 4 is 11.7 Å². The molecule has 0 unspecified atom stereocenters. The van der Waals surface area contributed by atoms with E-state index in [-0.39, 0.29) is 5.91 Å². The van der Waals surface area contributed by atoms with Gasteiger partial charge in [-0.1, -0.05) is 12.6 Å². The molecule has 0 saturated carbocycles. The highest BCUT2D eigenvalue weighted by molar-refractivity contribution is 5.98. The normalized spacial score (nSPS) is 15.2. The van der Waals surface area contributed by atoms with Crippen LogP contribution in [0.15, 0.2) is 18.7 Å². The molecule has 90 valence electrons. The number of hydrogen-bond donors (Lipinski definition) is 1. The minimum Gasteiger partial charge on any atom is -0.307 e. The van der Waals surface area contributed by atoms with Crippen molar-refractivity contribution < 1.29 is 4.79 Å². The molecule has 1 aromatic rings. The molecule has 1 aliphatic heterocycles. The van der Waals surface area contributed by atoms with E-state index < -0.39 is 0 Å². The second kappa shape index (κ2) is 4.67. The van der Waals surface area contributed by atoms with Gasteiger partial charge in [-0.3, -0.25) is 4.79 Å². The summed E-state index contributed by atoms with van der Waals surface area (Å²) < 4.78 is 0. The Labute approximate surface area is 101 Å². The zero-order valence-corrected chi connectivity index (χ0v) is 10.3. The van der Waals surface area contributed by atoms with E-state index in [0.29, 0.717) is 5.82 Å². The fourth-order valence-electron chi connectivity index (χ4n) is 2.00. The van der Waals surface area contributed by atoms with Crippen LogP contribution < -0.4 is 5.32 Å². The number of fused-ring (bicyclic) bond motifs is 1. The quantitative estimate of drug-likeness (QED) is 0.785. The zero-order valence-electron chi connectivity index (χ0n) is 10.3. The van der Waals surface area contributed by atoms with Crippen LogP contribution in [-0.4, -0.2) is 29.4 Å². The molecule has 0 saturated heterocycles. The molecule has 1 amide bonds. The summed E-state index contributed by atoms with van der Waals surface area (Å²) >= 11 is 0. The maximum Gasteiger partial charge on any atom is 0.248 e. The van der Waals surface area contributed by atoms with E-state index in [9.17, 15) is 4.79 Å². The largest absolute Gasteiger partial charge is 0.307 e. The van der Waals surface area contributed by atoms with Crippen LogP contribution in [0.3, 0.4) is 0 Å². The molecule has 4 heteroatoms. The van der Waals surface area contributed by atoms with E-state index in [2.05, 4.69) is 34.9 Å². The maximum atomic E-state index is 11.3. The van der Waals surface area contributed by atoms with Crippen LogP contribution in [0, 0.1) is 6.92 Å². The minimum absolute atomic E-state index is 0.218. The predicted octanol–water partition coefficient (Wildman–Crippen LogP) is 1.50. The van der Waals surface area contributed by atoms with Crippen LogP contribution in [0.25, 0.3) is 0 Å². The number of aromatic nitrogens is 1. The number of carbonyl (C=O) groups is 1. The molecule has 2 rings (SSSR count). The van der Waals surface area contributed by atoms with Gasteiger partial charge in [-0.25, -0.2) is 4.98 Å². The molecule has 0 bridgehead atoms. The summed E-state index contributed by atoms with van der Waals surface area (Å²) in [5, 5.41) is 2.74.